The predicted octanol–water partition coefficient (Wildman–Crippen LogP) is 2.71. The molecule has 0 saturated carbocycles. The number of nitrogens with zero attached hydrogens (tertiary/aromatic N) is 5. The number of H-pyrrole nitrogens is 1. The molecule has 3 aromatic rings. The molecule has 3 heterocycles. The molecular formula is C21H26N6O. The SMILES string of the molecule is C[C@H]1CN(C(=O)CCCc2cn[nH]c2)Cc2nnc(CCc3ccccc3)n21. The summed E-state index contributed by atoms with van der Waals surface area (Å²) in [4.78, 5) is 14.6. The van der Waals surface area contributed by atoms with Gasteiger partial charge in [-0.2, -0.15) is 5.10 Å². The zero-order chi connectivity index (χ0) is 19.3. The van der Waals surface area contributed by atoms with Gasteiger partial charge in [0.1, 0.15) is 5.82 Å². The van der Waals surface area contributed by atoms with Crippen molar-refractivity contribution in [2.24, 2.45) is 0 Å². The van der Waals surface area contributed by atoms with E-state index >= 15 is 0 Å². The fourth-order valence-corrected chi connectivity index (χ4v) is 3.89. The van der Waals surface area contributed by atoms with Crippen molar-refractivity contribution in [2.75, 3.05) is 6.54 Å². The van der Waals surface area contributed by atoms with Gasteiger partial charge in [-0.25, -0.2) is 0 Å². The zero-order valence-electron chi connectivity index (χ0n) is 16.2. The molecule has 28 heavy (non-hydrogen) atoms. The molecule has 1 N–H and O–H groups in total. The summed E-state index contributed by atoms with van der Waals surface area (Å²) in [6.45, 7) is 3.41. The van der Waals surface area contributed by atoms with Crippen LogP contribution in [-0.4, -0.2) is 42.3 Å². The first-order chi connectivity index (χ1) is 13.7. The van der Waals surface area contributed by atoms with Gasteiger partial charge in [0, 0.05) is 25.6 Å². The number of amides is 1. The number of benzene rings is 1. The number of nitrogens with one attached hydrogen (secondary N) is 1. The summed E-state index contributed by atoms with van der Waals surface area (Å²) in [5.74, 6) is 2.10. The molecule has 0 bridgehead atoms. The van der Waals surface area contributed by atoms with Crippen LogP contribution in [0.3, 0.4) is 0 Å². The maximum Gasteiger partial charge on any atom is 0.223 e. The Labute approximate surface area is 164 Å². The van der Waals surface area contributed by atoms with Crippen LogP contribution in [0.1, 0.15) is 48.6 Å². The van der Waals surface area contributed by atoms with Gasteiger partial charge in [-0.15, -0.1) is 10.2 Å². The molecule has 0 spiro atoms. The fraction of sp³-hybridized carbons (Fsp3) is 0.429. The molecule has 1 amide bonds. The van der Waals surface area contributed by atoms with E-state index in [0.29, 0.717) is 19.5 Å². The van der Waals surface area contributed by atoms with E-state index in [-0.39, 0.29) is 11.9 Å². The van der Waals surface area contributed by atoms with Crippen LogP contribution in [0.4, 0.5) is 0 Å². The highest BCUT2D eigenvalue weighted by atomic mass is 16.2. The Morgan fingerprint density at radius 1 is 1.14 bits per heavy atom. The highest BCUT2D eigenvalue weighted by Gasteiger charge is 2.28. The van der Waals surface area contributed by atoms with Crippen LogP contribution in [0.25, 0.3) is 0 Å². The van der Waals surface area contributed by atoms with Gasteiger partial charge < -0.3 is 9.47 Å². The summed E-state index contributed by atoms with van der Waals surface area (Å²) in [6.07, 6.45) is 7.75. The first kappa shape index (κ1) is 18.4. The van der Waals surface area contributed by atoms with Crippen LogP contribution in [0.15, 0.2) is 42.7 Å². The van der Waals surface area contributed by atoms with E-state index in [1.165, 1.54) is 5.56 Å². The van der Waals surface area contributed by atoms with E-state index in [0.717, 1.165) is 42.9 Å². The van der Waals surface area contributed by atoms with Crippen molar-refractivity contribution < 1.29 is 4.79 Å². The highest BCUT2D eigenvalue weighted by molar-refractivity contribution is 5.76. The Hall–Kier alpha value is -2.96. The third-order valence-electron chi connectivity index (χ3n) is 5.34. The molecule has 146 valence electrons. The lowest BCUT2D eigenvalue weighted by Crippen LogP contribution is -2.40. The van der Waals surface area contributed by atoms with E-state index in [1.807, 2.05) is 23.4 Å². The largest absolute Gasteiger partial charge is 0.333 e. The van der Waals surface area contributed by atoms with E-state index in [1.54, 1.807) is 0 Å². The van der Waals surface area contributed by atoms with Crippen LogP contribution in [0.2, 0.25) is 0 Å². The van der Waals surface area contributed by atoms with Crippen molar-refractivity contribution in [3.05, 3.63) is 65.5 Å². The average molecular weight is 378 g/mol. The third-order valence-corrected chi connectivity index (χ3v) is 5.34. The lowest BCUT2D eigenvalue weighted by molar-refractivity contribution is -0.133. The van der Waals surface area contributed by atoms with Gasteiger partial charge in [0.15, 0.2) is 5.82 Å². The number of carbonyl (C=O) groups is 1. The third kappa shape index (κ3) is 4.13. The molecule has 1 aromatic carbocycles. The van der Waals surface area contributed by atoms with Gasteiger partial charge in [-0.1, -0.05) is 30.3 Å². The molecule has 0 saturated heterocycles. The maximum absolute atomic E-state index is 12.6. The Kier molecular flexibility index (Phi) is 5.50. The van der Waals surface area contributed by atoms with Gasteiger partial charge >= 0.3 is 0 Å². The number of carbonyl (C=O) groups excluding carboxylic acids is 1. The molecule has 7 nitrogen and oxygen atoms in total. The van der Waals surface area contributed by atoms with Crippen LogP contribution in [0.5, 0.6) is 0 Å². The minimum atomic E-state index is 0.190. The maximum atomic E-state index is 12.6. The summed E-state index contributed by atoms with van der Waals surface area (Å²) in [6, 6.07) is 10.6. The minimum absolute atomic E-state index is 0.190. The second-order valence-electron chi connectivity index (χ2n) is 7.47. The second kappa shape index (κ2) is 8.37. The molecular weight excluding hydrogens is 352 g/mol. The molecule has 7 heteroatoms. The number of hydrogen-bond acceptors (Lipinski definition) is 4. The highest BCUT2D eigenvalue weighted by Crippen LogP contribution is 2.23. The molecule has 1 aliphatic heterocycles. The van der Waals surface area contributed by atoms with Crippen LogP contribution in [-0.2, 0) is 30.6 Å². The fourth-order valence-electron chi connectivity index (χ4n) is 3.89. The van der Waals surface area contributed by atoms with Crippen molar-refractivity contribution >= 4 is 5.91 Å². The number of fused-ring (bicyclic) bond motifs is 1. The average Bonchev–Trinajstić information content (AvgIpc) is 3.37. The number of aromatic amines is 1. The summed E-state index contributed by atoms with van der Waals surface area (Å²) in [5.41, 5.74) is 2.44. The normalized spacial score (nSPS) is 16.2. The van der Waals surface area contributed by atoms with Crippen LogP contribution < -0.4 is 0 Å². The van der Waals surface area contributed by atoms with Gasteiger partial charge in [0.25, 0.3) is 0 Å². The van der Waals surface area contributed by atoms with Crippen molar-refractivity contribution in [1.29, 1.82) is 0 Å². The predicted molar refractivity (Wildman–Crippen MR) is 106 cm³/mol. The quantitative estimate of drug-likeness (QED) is 0.685. The van der Waals surface area contributed by atoms with Crippen molar-refractivity contribution in [2.45, 2.75) is 51.6 Å². The monoisotopic (exact) mass is 378 g/mol. The first-order valence-corrected chi connectivity index (χ1v) is 9.92. The van der Waals surface area contributed by atoms with Gasteiger partial charge in [-0.3, -0.25) is 9.89 Å². The van der Waals surface area contributed by atoms with E-state index in [2.05, 4.69) is 56.2 Å². The molecule has 0 unspecified atom stereocenters. The molecule has 1 atom stereocenters. The molecule has 1 aliphatic rings. The zero-order valence-corrected chi connectivity index (χ0v) is 16.2. The lowest BCUT2D eigenvalue weighted by Gasteiger charge is -2.32. The number of hydrogen-bond donors (Lipinski definition) is 1. The van der Waals surface area contributed by atoms with E-state index in [9.17, 15) is 4.79 Å². The topological polar surface area (TPSA) is 79.7 Å². The number of aromatic nitrogens is 5. The molecule has 0 aliphatic carbocycles. The Morgan fingerprint density at radius 2 is 2.00 bits per heavy atom. The Bertz CT molecular complexity index is 902. The van der Waals surface area contributed by atoms with E-state index < -0.39 is 0 Å². The molecule has 0 fully saturated rings. The minimum Gasteiger partial charge on any atom is -0.333 e. The first-order valence-electron chi connectivity index (χ1n) is 9.92. The van der Waals surface area contributed by atoms with Crippen LogP contribution >= 0.6 is 0 Å². The summed E-state index contributed by atoms with van der Waals surface area (Å²) in [7, 11) is 0. The second-order valence-corrected chi connectivity index (χ2v) is 7.47. The summed E-state index contributed by atoms with van der Waals surface area (Å²) < 4.78 is 2.22. The smallest absolute Gasteiger partial charge is 0.223 e. The number of rotatable bonds is 7. The van der Waals surface area contributed by atoms with Gasteiger partial charge in [0.05, 0.1) is 18.8 Å². The standard InChI is InChI=1S/C21H26N6O/c1-16-14-26(21(28)9-5-8-18-12-22-23-13-18)15-20-25-24-19(27(16)20)11-10-17-6-3-2-4-7-17/h2-4,6-7,12-13,16H,5,8-11,14-15H2,1H3,(H,22,23)/t16-/m0/s1. The number of aryl methyl sites for hydroxylation is 3. The molecule has 2 aromatic heterocycles. The van der Waals surface area contributed by atoms with Crippen molar-refractivity contribution in [3.8, 4) is 0 Å². The van der Waals surface area contributed by atoms with Gasteiger partial charge in [-0.05, 0) is 37.3 Å². The Morgan fingerprint density at radius 3 is 2.79 bits per heavy atom. The lowest BCUT2D eigenvalue weighted by atomic mass is 10.1. The summed E-state index contributed by atoms with van der Waals surface area (Å²) in [5, 5.41) is 15.5. The van der Waals surface area contributed by atoms with Crippen molar-refractivity contribution in [1.82, 2.24) is 29.9 Å². The Balaban J connectivity index is 1.34. The molecule has 0 radical (unpaired) electrons. The van der Waals surface area contributed by atoms with Crippen LogP contribution in [0, 0.1) is 0 Å². The van der Waals surface area contributed by atoms with E-state index in [4.69, 9.17) is 0 Å². The molecule has 4 rings (SSSR count). The van der Waals surface area contributed by atoms with Crippen molar-refractivity contribution in [3.63, 3.8) is 0 Å². The van der Waals surface area contributed by atoms with Gasteiger partial charge in [0.2, 0.25) is 5.91 Å². The summed E-state index contributed by atoms with van der Waals surface area (Å²) >= 11 is 0.